The first kappa shape index (κ1) is 16.8. The Kier molecular flexibility index (Phi) is 5.32. The molecule has 0 bridgehead atoms. The minimum Gasteiger partial charge on any atom is -0.353 e. The van der Waals surface area contributed by atoms with Gasteiger partial charge in [-0.2, -0.15) is 0 Å². The highest BCUT2D eigenvalue weighted by Crippen LogP contribution is 2.39. The standard InChI is InChI=1S/C18H17BrCl2N2/c19-14-8-3-6-12-11(5-1-2-10-22)17(23-18(12)14)13-7-4-9-15(20)16(13)21/h3-4,6-9,23H,1-2,5,10,22H2. The summed E-state index contributed by atoms with van der Waals surface area (Å²) in [6.45, 7) is 0.708. The largest absolute Gasteiger partial charge is 0.353 e. The molecule has 1 heterocycles. The van der Waals surface area contributed by atoms with Crippen molar-refractivity contribution in [2.24, 2.45) is 5.73 Å². The molecule has 0 saturated carbocycles. The van der Waals surface area contributed by atoms with Crippen LogP contribution in [0.2, 0.25) is 10.0 Å². The third kappa shape index (κ3) is 3.29. The van der Waals surface area contributed by atoms with Crippen LogP contribution in [0.1, 0.15) is 18.4 Å². The van der Waals surface area contributed by atoms with Crippen LogP contribution in [0.5, 0.6) is 0 Å². The van der Waals surface area contributed by atoms with Crippen molar-refractivity contribution < 1.29 is 0 Å². The van der Waals surface area contributed by atoms with Gasteiger partial charge in [0.15, 0.2) is 0 Å². The molecule has 3 rings (SSSR count). The molecule has 2 nitrogen and oxygen atoms in total. The van der Waals surface area contributed by atoms with Gasteiger partial charge in [0.2, 0.25) is 0 Å². The summed E-state index contributed by atoms with van der Waals surface area (Å²) in [5.74, 6) is 0. The number of aromatic amines is 1. The molecule has 0 unspecified atom stereocenters. The topological polar surface area (TPSA) is 41.8 Å². The van der Waals surface area contributed by atoms with Crippen LogP contribution in [0.15, 0.2) is 40.9 Å². The smallest absolute Gasteiger partial charge is 0.0685 e. The molecule has 0 fully saturated rings. The molecule has 0 atom stereocenters. The first-order valence-corrected chi connectivity index (χ1v) is 9.12. The van der Waals surface area contributed by atoms with Crippen LogP contribution in [0.3, 0.4) is 0 Å². The molecular weight excluding hydrogens is 395 g/mol. The van der Waals surface area contributed by atoms with E-state index in [-0.39, 0.29) is 0 Å². The van der Waals surface area contributed by atoms with E-state index >= 15 is 0 Å². The molecule has 0 aliphatic carbocycles. The van der Waals surface area contributed by atoms with Gasteiger partial charge in [-0.25, -0.2) is 0 Å². The van der Waals surface area contributed by atoms with Crippen LogP contribution < -0.4 is 5.73 Å². The normalized spacial score (nSPS) is 11.3. The zero-order valence-electron chi connectivity index (χ0n) is 12.5. The highest BCUT2D eigenvalue weighted by atomic mass is 79.9. The lowest BCUT2D eigenvalue weighted by atomic mass is 10.0. The highest BCUT2D eigenvalue weighted by Gasteiger charge is 2.17. The van der Waals surface area contributed by atoms with Gasteiger partial charge in [0.1, 0.15) is 0 Å². The molecule has 0 radical (unpaired) electrons. The maximum Gasteiger partial charge on any atom is 0.0685 e. The van der Waals surface area contributed by atoms with Gasteiger partial charge in [0, 0.05) is 15.4 Å². The van der Waals surface area contributed by atoms with Crippen LogP contribution in [0.25, 0.3) is 22.2 Å². The van der Waals surface area contributed by atoms with Crippen molar-refractivity contribution in [3.8, 4) is 11.3 Å². The van der Waals surface area contributed by atoms with Crippen molar-refractivity contribution in [2.75, 3.05) is 6.54 Å². The number of para-hydroxylation sites is 1. The quantitative estimate of drug-likeness (QED) is 0.483. The fourth-order valence-corrected chi connectivity index (χ4v) is 3.73. The van der Waals surface area contributed by atoms with E-state index in [1.54, 1.807) is 6.07 Å². The van der Waals surface area contributed by atoms with Crippen LogP contribution in [-0.4, -0.2) is 11.5 Å². The van der Waals surface area contributed by atoms with E-state index in [0.717, 1.165) is 40.5 Å². The number of benzene rings is 2. The van der Waals surface area contributed by atoms with Crippen LogP contribution in [-0.2, 0) is 6.42 Å². The fourth-order valence-electron chi connectivity index (χ4n) is 2.87. The van der Waals surface area contributed by atoms with Gasteiger partial charge in [-0.1, -0.05) is 47.5 Å². The van der Waals surface area contributed by atoms with E-state index in [9.17, 15) is 0 Å². The van der Waals surface area contributed by atoms with Gasteiger partial charge >= 0.3 is 0 Å². The average Bonchev–Trinajstić information content (AvgIpc) is 2.91. The van der Waals surface area contributed by atoms with Crippen molar-refractivity contribution in [1.29, 1.82) is 0 Å². The minimum absolute atomic E-state index is 0.565. The van der Waals surface area contributed by atoms with E-state index in [0.29, 0.717) is 16.6 Å². The SMILES string of the molecule is NCCCCc1c(-c2cccc(Cl)c2Cl)[nH]c2c(Br)cccc12. The van der Waals surface area contributed by atoms with Crippen LogP contribution in [0, 0.1) is 0 Å². The Morgan fingerprint density at radius 2 is 1.83 bits per heavy atom. The van der Waals surface area contributed by atoms with Gasteiger partial charge in [0.25, 0.3) is 0 Å². The second-order valence-corrected chi connectivity index (χ2v) is 7.13. The molecular formula is C18H17BrCl2N2. The Hall–Kier alpha value is -1.00. The second kappa shape index (κ2) is 7.27. The summed E-state index contributed by atoms with van der Waals surface area (Å²) in [5, 5.41) is 2.36. The average molecular weight is 412 g/mol. The van der Waals surface area contributed by atoms with Crippen molar-refractivity contribution in [1.82, 2.24) is 4.98 Å². The molecule has 0 spiro atoms. The second-order valence-electron chi connectivity index (χ2n) is 5.49. The molecule has 5 heteroatoms. The number of hydrogen-bond acceptors (Lipinski definition) is 1. The molecule has 1 aromatic heterocycles. The summed E-state index contributed by atoms with van der Waals surface area (Å²) in [4.78, 5) is 3.52. The third-order valence-electron chi connectivity index (χ3n) is 3.99. The molecule has 120 valence electrons. The number of rotatable bonds is 5. The molecule has 0 saturated heterocycles. The number of aryl methyl sites for hydroxylation is 1. The van der Waals surface area contributed by atoms with E-state index < -0.39 is 0 Å². The van der Waals surface area contributed by atoms with Gasteiger partial charge in [-0.05, 0) is 59.4 Å². The monoisotopic (exact) mass is 410 g/mol. The Morgan fingerprint density at radius 3 is 2.61 bits per heavy atom. The summed E-state index contributed by atoms with van der Waals surface area (Å²) in [6.07, 6.45) is 3.00. The number of nitrogens with one attached hydrogen (secondary N) is 1. The molecule has 3 aromatic rings. The Labute approximate surface area is 154 Å². The first-order valence-electron chi connectivity index (χ1n) is 7.57. The lowest BCUT2D eigenvalue weighted by molar-refractivity contribution is 0.748. The lowest BCUT2D eigenvalue weighted by Crippen LogP contribution is -1.99. The summed E-state index contributed by atoms with van der Waals surface area (Å²) in [6, 6.07) is 11.9. The Morgan fingerprint density at radius 1 is 1.04 bits per heavy atom. The van der Waals surface area contributed by atoms with Gasteiger partial charge < -0.3 is 10.7 Å². The van der Waals surface area contributed by atoms with Crippen molar-refractivity contribution in [2.45, 2.75) is 19.3 Å². The number of halogens is 3. The van der Waals surface area contributed by atoms with E-state index in [2.05, 4.69) is 33.0 Å². The van der Waals surface area contributed by atoms with Gasteiger partial charge in [-0.15, -0.1) is 0 Å². The van der Waals surface area contributed by atoms with Gasteiger partial charge in [0.05, 0.1) is 21.3 Å². The van der Waals surface area contributed by atoms with E-state index in [1.165, 1.54) is 10.9 Å². The number of aromatic nitrogens is 1. The predicted molar refractivity (Wildman–Crippen MR) is 103 cm³/mol. The molecule has 3 N–H and O–H groups in total. The number of unbranched alkanes of at least 4 members (excludes halogenated alkanes) is 1. The van der Waals surface area contributed by atoms with Crippen molar-refractivity contribution in [3.63, 3.8) is 0 Å². The van der Waals surface area contributed by atoms with Gasteiger partial charge in [-0.3, -0.25) is 0 Å². The van der Waals surface area contributed by atoms with Crippen LogP contribution >= 0.6 is 39.1 Å². The molecule has 2 aromatic carbocycles. The number of hydrogen-bond donors (Lipinski definition) is 2. The number of H-pyrrole nitrogens is 1. The molecule has 23 heavy (non-hydrogen) atoms. The minimum atomic E-state index is 0.565. The summed E-state index contributed by atoms with van der Waals surface area (Å²) in [7, 11) is 0. The summed E-state index contributed by atoms with van der Waals surface area (Å²) in [5.41, 5.74) is 9.96. The Bertz CT molecular complexity index is 842. The van der Waals surface area contributed by atoms with E-state index in [4.69, 9.17) is 28.9 Å². The Balaban J connectivity index is 2.20. The maximum absolute atomic E-state index is 6.44. The lowest BCUT2D eigenvalue weighted by Gasteiger charge is -2.08. The van der Waals surface area contributed by atoms with E-state index in [1.807, 2.05) is 18.2 Å². The van der Waals surface area contributed by atoms with Crippen molar-refractivity contribution in [3.05, 3.63) is 56.5 Å². The molecule has 0 amide bonds. The third-order valence-corrected chi connectivity index (χ3v) is 5.47. The fraction of sp³-hybridized carbons (Fsp3) is 0.222. The first-order chi connectivity index (χ1) is 11.1. The molecule has 0 aliphatic heterocycles. The number of fused-ring (bicyclic) bond motifs is 1. The summed E-state index contributed by atoms with van der Waals surface area (Å²) < 4.78 is 1.04. The molecule has 0 aliphatic rings. The van der Waals surface area contributed by atoms with Crippen LogP contribution in [0.4, 0.5) is 0 Å². The zero-order valence-corrected chi connectivity index (χ0v) is 15.6. The zero-order chi connectivity index (χ0) is 16.4. The number of nitrogens with two attached hydrogens (primary N) is 1. The predicted octanol–water partition coefficient (Wildman–Crippen LogP) is 6.19. The van der Waals surface area contributed by atoms with Crippen molar-refractivity contribution >= 4 is 50.0 Å². The highest BCUT2D eigenvalue weighted by molar-refractivity contribution is 9.10. The maximum atomic E-state index is 6.44. The summed E-state index contributed by atoms with van der Waals surface area (Å²) >= 11 is 16.3.